The normalized spacial score (nSPS) is 17.2. The summed E-state index contributed by atoms with van der Waals surface area (Å²) >= 11 is 0. The first-order valence-electron chi connectivity index (χ1n) is 7.93. The first kappa shape index (κ1) is 17.1. The molecule has 1 atom stereocenters. The fraction of sp³-hybridized carbons (Fsp3) is 0.263. The first-order chi connectivity index (χ1) is 12.1. The van der Waals surface area contributed by atoms with Gasteiger partial charge >= 0.3 is 5.97 Å². The molecular formula is C19H18FNO4. The number of methoxy groups -OCH3 is 1. The number of hydrogen-bond donors (Lipinski definition) is 0. The van der Waals surface area contributed by atoms with Gasteiger partial charge in [0, 0.05) is 12.1 Å². The molecule has 1 unspecified atom stereocenters. The highest BCUT2D eigenvalue weighted by atomic mass is 19.1. The average molecular weight is 343 g/mol. The molecule has 1 aliphatic rings. The number of carbonyl (C=O) groups is 2. The Labute approximate surface area is 145 Å². The largest absolute Gasteiger partial charge is 0.465 e. The van der Waals surface area contributed by atoms with Crippen LogP contribution >= 0.6 is 0 Å². The van der Waals surface area contributed by atoms with Crippen molar-refractivity contribution in [2.24, 2.45) is 0 Å². The molecule has 0 aliphatic carbocycles. The van der Waals surface area contributed by atoms with Crippen LogP contribution in [0.25, 0.3) is 0 Å². The van der Waals surface area contributed by atoms with Crippen LogP contribution in [0.1, 0.15) is 32.4 Å². The lowest BCUT2D eigenvalue weighted by Gasteiger charge is -2.33. The van der Waals surface area contributed by atoms with Gasteiger partial charge in [0.05, 0.1) is 25.8 Å². The highest BCUT2D eigenvalue weighted by Crippen LogP contribution is 2.24. The van der Waals surface area contributed by atoms with E-state index >= 15 is 0 Å². The molecule has 0 spiro atoms. The lowest BCUT2D eigenvalue weighted by molar-refractivity contribution is -0.0229. The molecule has 5 nitrogen and oxygen atoms in total. The summed E-state index contributed by atoms with van der Waals surface area (Å²) in [5.74, 6) is -1.03. The van der Waals surface area contributed by atoms with Gasteiger partial charge in [-0.15, -0.1) is 0 Å². The van der Waals surface area contributed by atoms with Gasteiger partial charge in [0.25, 0.3) is 5.91 Å². The third kappa shape index (κ3) is 3.85. The van der Waals surface area contributed by atoms with Crippen LogP contribution in [-0.2, 0) is 9.47 Å². The van der Waals surface area contributed by atoms with Gasteiger partial charge in [-0.1, -0.05) is 18.2 Å². The Hall–Kier alpha value is -2.73. The Kier molecular flexibility index (Phi) is 5.09. The van der Waals surface area contributed by atoms with E-state index in [1.807, 2.05) is 0 Å². The van der Waals surface area contributed by atoms with Crippen LogP contribution in [-0.4, -0.2) is 43.6 Å². The number of nitrogens with zero attached hydrogens (tertiary/aromatic N) is 1. The van der Waals surface area contributed by atoms with Crippen molar-refractivity contribution in [3.63, 3.8) is 0 Å². The number of benzene rings is 2. The molecule has 130 valence electrons. The number of morpholine rings is 1. The van der Waals surface area contributed by atoms with Gasteiger partial charge in [-0.3, -0.25) is 4.79 Å². The van der Waals surface area contributed by atoms with Crippen molar-refractivity contribution in [1.82, 2.24) is 4.90 Å². The number of rotatable bonds is 3. The lowest BCUT2D eigenvalue weighted by atomic mass is 10.1. The van der Waals surface area contributed by atoms with E-state index in [4.69, 9.17) is 4.74 Å². The van der Waals surface area contributed by atoms with Crippen LogP contribution in [0.15, 0.2) is 48.5 Å². The smallest absolute Gasteiger partial charge is 0.337 e. The molecule has 0 aromatic heterocycles. The molecule has 2 aromatic rings. The standard InChI is InChI=1S/C19H18FNO4/c1-24-19(23)15-6-2-5-14(10-15)18(22)21-8-9-25-17(12-21)13-4-3-7-16(20)11-13/h2-7,10-11,17H,8-9,12H2,1H3. The molecule has 1 fully saturated rings. The van der Waals surface area contributed by atoms with E-state index in [1.54, 1.807) is 35.2 Å². The second-order valence-corrected chi connectivity index (χ2v) is 5.74. The van der Waals surface area contributed by atoms with Crippen molar-refractivity contribution in [3.8, 4) is 0 Å². The van der Waals surface area contributed by atoms with Crippen molar-refractivity contribution < 1.29 is 23.5 Å². The minimum absolute atomic E-state index is 0.199. The molecule has 1 aliphatic heterocycles. The van der Waals surface area contributed by atoms with Crippen LogP contribution in [0.5, 0.6) is 0 Å². The molecule has 1 heterocycles. The number of halogens is 1. The van der Waals surface area contributed by atoms with Crippen LogP contribution in [0.2, 0.25) is 0 Å². The number of amides is 1. The summed E-state index contributed by atoms with van der Waals surface area (Å²) < 4.78 is 23.8. The molecule has 0 N–H and O–H groups in total. The minimum Gasteiger partial charge on any atom is -0.465 e. The zero-order valence-electron chi connectivity index (χ0n) is 13.8. The predicted molar refractivity (Wildman–Crippen MR) is 88.8 cm³/mol. The molecule has 2 aromatic carbocycles. The SMILES string of the molecule is COC(=O)c1cccc(C(=O)N2CCOC(c3cccc(F)c3)C2)c1. The summed E-state index contributed by atoms with van der Waals surface area (Å²) in [4.78, 5) is 26.0. The fourth-order valence-corrected chi connectivity index (χ4v) is 2.82. The van der Waals surface area contributed by atoms with E-state index in [0.717, 1.165) is 0 Å². The zero-order valence-corrected chi connectivity index (χ0v) is 13.8. The second kappa shape index (κ2) is 7.44. The van der Waals surface area contributed by atoms with Gasteiger partial charge in [-0.2, -0.15) is 0 Å². The van der Waals surface area contributed by atoms with Gasteiger partial charge in [0.15, 0.2) is 0 Å². The molecular weight excluding hydrogens is 325 g/mol. The summed E-state index contributed by atoms with van der Waals surface area (Å²) in [7, 11) is 1.29. The van der Waals surface area contributed by atoms with Crippen LogP contribution in [0.4, 0.5) is 4.39 Å². The average Bonchev–Trinajstić information content (AvgIpc) is 2.67. The maximum absolute atomic E-state index is 13.4. The van der Waals surface area contributed by atoms with Crippen molar-refractivity contribution >= 4 is 11.9 Å². The molecule has 0 radical (unpaired) electrons. The van der Waals surface area contributed by atoms with E-state index in [9.17, 15) is 14.0 Å². The van der Waals surface area contributed by atoms with E-state index in [0.29, 0.717) is 36.4 Å². The summed E-state index contributed by atoms with van der Waals surface area (Å²) in [5, 5.41) is 0. The van der Waals surface area contributed by atoms with Crippen LogP contribution in [0, 0.1) is 5.82 Å². The maximum Gasteiger partial charge on any atom is 0.337 e. The third-order valence-corrected chi connectivity index (χ3v) is 4.10. The van der Waals surface area contributed by atoms with E-state index < -0.39 is 5.97 Å². The van der Waals surface area contributed by atoms with E-state index in [-0.39, 0.29) is 17.8 Å². The summed E-state index contributed by atoms with van der Waals surface area (Å²) in [5.41, 5.74) is 1.42. The van der Waals surface area contributed by atoms with E-state index in [2.05, 4.69) is 4.74 Å². The molecule has 1 saturated heterocycles. The molecule has 0 saturated carbocycles. The summed E-state index contributed by atoms with van der Waals surface area (Å²) in [6.07, 6.45) is -0.378. The van der Waals surface area contributed by atoms with Crippen LogP contribution in [0.3, 0.4) is 0 Å². The number of ether oxygens (including phenoxy) is 2. The summed E-state index contributed by atoms with van der Waals surface area (Å²) in [6.45, 7) is 1.13. The first-order valence-corrected chi connectivity index (χ1v) is 7.93. The molecule has 3 rings (SSSR count). The van der Waals surface area contributed by atoms with Gasteiger partial charge < -0.3 is 14.4 Å². The van der Waals surface area contributed by atoms with Crippen molar-refractivity contribution in [2.45, 2.75) is 6.10 Å². The monoisotopic (exact) mass is 343 g/mol. The molecule has 1 amide bonds. The second-order valence-electron chi connectivity index (χ2n) is 5.74. The Balaban J connectivity index is 1.77. The predicted octanol–water partition coefficient (Wildman–Crippen LogP) is 2.83. The molecule has 6 heteroatoms. The Morgan fingerprint density at radius 3 is 2.68 bits per heavy atom. The van der Waals surface area contributed by atoms with Gasteiger partial charge in [-0.05, 0) is 35.9 Å². The molecule has 25 heavy (non-hydrogen) atoms. The highest BCUT2D eigenvalue weighted by molar-refractivity contribution is 5.98. The van der Waals surface area contributed by atoms with E-state index in [1.165, 1.54) is 25.3 Å². The maximum atomic E-state index is 13.4. The Morgan fingerprint density at radius 2 is 1.92 bits per heavy atom. The van der Waals surface area contributed by atoms with Gasteiger partial charge in [-0.25, -0.2) is 9.18 Å². The van der Waals surface area contributed by atoms with Gasteiger partial charge in [0.1, 0.15) is 11.9 Å². The van der Waals surface area contributed by atoms with Crippen LogP contribution < -0.4 is 0 Å². The lowest BCUT2D eigenvalue weighted by Crippen LogP contribution is -2.42. The number of esters is 1. The zero-order chi connectivity index (χ0) is 17.8. The van der Waals surface area contributed by atoms with Crippen molar-refractivity contribution in [1.29, 1.82) is 0 Å². The third-order valence-electron chi connectivity index (χ3n) is 4.10. The summed E-state index contributed by atoms with van der Waals surface area (Å²) in [6, 6.07) is 12.6. The Bertz CT molecular complexity index is 792. The topological polar surface area (TPSA) is 55.8 Å². The highest BCUT2D eigenvalue weighted by Gasteiger charge is 2.26. The number of carbonyl (C=O) groups excluding carboxylic acids is 2. The van der Waals surface area contributed by atoms with Gasteiger partial charge in [0.2, 0.25) is 0 Å². The minimum atomic E-state index is -0.491. The Morgan fingerprint density at radius 1 is 1.16 bits per heavy atom. The fourth-order valence-electron chi connectivity index (χ4n) is 2.82. The van der Waals surface area contributed by atoms with Crippen molar-refractivity contribution in [3.05, 3.63) is 71.0 Å². The molecule has 0 bridgehead atoms. The quantitative estimate of drug-likeness (QED) is 0.804. The van der Waals surface area contributed by atoms with Crippen molar-refractivity contribution in [2.75, 3.05) is 26.8 Å². The number of hydrogen-bond acceptors (Lipinski definition) is 4.